The van der Waals surface area contributed by atoms with Crippen molar-refractivity contribution in [2.75, 3.05) is 0 Å². The zero-order valence-electron chi connectivity index (χ0n) is 15.1. The Hall–Kier alpha value is -1.81. The summed E-state index contributed by atoms with van der Waals surface area (Å²) < 4.78 is 0. The van der Waals surface area contributed by atoms with Crippen molar-refractivity contribution in [3.8, 4) is 0 Å². The first-order valence-electron chi connectivity index (χ1n) is 8.55. The summed E-state index contributed by atoms with van der Waals surface area (Å²) in [6.45, 7) is 4.16. The standard InChI is InChI=1S/C22H19Cl2NOS/c1-14-3-10-20(11-15(14)2)27-22(16-4-6-17(23)7-5-16)21(26)12-19-9-8-18(24)13-25-19/h3-11,13,22H,12H2,1-2H3. The fourth-order valence-corrected chi connectivity index (χ4v) is 4.07. The van der Waals surface area contributed by atoms with Crippen LogP contribution in [0.5, 0.6) is 0 Å². The largest absolute Gasteiger partial charge is 0.298 e. The maximum atomic E-state index is 13.1. The molecular weight excluding hydrogens is 397 g/mol. The van der Waals surface area contributed by atoms with Crippen LogP contribution in [0, 0.1) is 13.8 Å². The van der Waals surface area contributed by atoms with Crippen LogP contribution in [0.15, 0.2) is 65.7 Å². The molecule has 0 N–H and O–H groups in total. The van der Waals surface area contributed by atoms with E-state index in [0.29, 0.717) is 15.7 Å². The van der Waals surface area contributed by atoms with Crippen LogP contribution in [-0.4, -0.2) is 10.8 Å². The Kier molecular flexibility index (Phi) is 6.59. The van der Waals surface area contributed by atoms with E-state index >= 15 is 0 Å². The van der Waals surface area contributed by atoms with Crippen LogP contribution in [0.25, 0.3) is 0 Å². The lowest BCUT2D eigenvalue weighted by molar-refractivity contribution is -0.118. The fraction of sp³-hybridized carbons (Fsp3) is 0.182. The van der Waals surface area contributed by atoms with Gasteiger partial charge in [0.2, 0.25) is 0 Å². The predicted molar refractivity (Wildman–Crippen MR) is 114 cm³/mol. The van der Waals surface area contributed by atoms with Crippen LogP contribution in [-0.2, 0) is 11.2 Å². The third kappa shape index (κ3) is 5.35. The van der Waals surface area contributed by atoms with Crippen molar-refractivity contribution in [3.63, 3.8) is 0 Å². The van der Waals surface area contributed by atoms with Crippen molar-refractivity contribution in [2.24, 2.45) is 0 Å². The predicted octanol–water partition coefficient (Wildman–Crippen LogP) is 6.65. The first-order chi connectivity index (χ1) is 12.9. The molecule has 1 unspecified atom stereocenters. The van der Waals surface area contributed by atoms with Crippen molar-refractivity contribution < 1.29 is 4.79 Å². The SMILES string of the molecule is Cc1ccc(SC(C(=O)Cc2ccc(Cl)cn2)c2ccc(Cl)cc2)cc1C. The second-order valence-corrected chi connectivity index (χ2v) is 8.46. The number of thioether (sulfide) groups is 1. The Labute approximate surface area is 173 Å². The Bertz CT molecular complexity index is 940. The number of carbonyl (C=O) groups is 1. The van der Waals surface area contributed by atoms with Crippen LogP contribution in [0.2, 0.25) is 10.0 Å². The van der Waals surface area contributed by atoms with Gasteiger partial charge in [-0.2, -0.15) is 0 Å². The second-order valence-electron chi connectivity index (χ2n) is 6.41. The molecule has 1 aromatic heterocycles. The first kappa shape index (κ1) is 19.9. The highest BCUT2D eigenvalue weighted by atomic mass is 35.5. The number of Topliss-reactive ketones (excluding diaryl/α,β-unsaturated/α-hetero) is 1. The van der Waals surface area contributed by atoms with Gasteiger partial charge < -0.3 is 0 Å². The van der Waals surface area contributed by atoms with E-state index in [2.05, 4.69) is 37.0 Å². The molecule has 0 bridgehead atoms. The topological polar surface area (TPSA) is 30.0 Å². The van der Waals surface area contributed by atoms with E-state index in [0.717, 1.165) is 10.5 Å². The van der Waals surface area contributed by atoms with Crippen molar-refractivity contribution in [1.29, 1.82) is 0 Å². The van der Waals surface area contributed by atoms with E-state index in [-0.39, 0.29) is 17.5 Å². The Morgan fingerprint density at radius 1 is 0.963 bits per heavy atom. The van der Waals surface area contributed by atoms with Gasteiger partial charge in [0.15, 0.2) is 5.78 Å². The molecule has 0 aliphatic carbocycles. The van der Waals surface area contributed by atoms with E-state index in [1.165, 1.54) is 11.1 Å². The molecule has 0 saturated heterocycles. The molecule has 1 heterocycles. The third-order valence-corrected chi connectivity index (χ3v) is 6.11. The average Bonchev–Trinajstić information content (AvgIpc) is 2.65. The first-order valence-corrected chi connectivity index (χ1v) is 10.2. The number of halogens is 2. The quantitative estimate of drug-likeness (QED) is 0.422. The van der Waals surface area contributed by atoms with Gasteiger partial charge in [-0.05, 0) is 66.9 Å². The summed E-state index contributed by atoms with van der Waals surface area (Å²) in [4.78, 5) is 18.4. The summed E-state index contributed by atoms with van der Waals surface area (Å²) in [6.07, 6.45) is 1.82. The molecule has 0 amide bonds. The van der Waals surface area contributed by atoms with Crippen molar-refractivity contribution in [1.82, 2.24) is 4.98 Å². The van der Waals surface area contributed by atoms with E-state index in [1.54, 1.807) is 30.1 Å². The molecule has 2 aromatic carbocycles. The normalized spacial score (nSPS) is 12.0. The maximum Gasteiger partial charge on any atom is 0.156 e. The van der Waals surface area contributed by atoms with Crippen LogP contribution < -0.4 is 0 Å². The molecule has 0 spiro atoms. The molecular formula is C22H19Cl2NOS. The number of aromatic nitrogens is 1. The number of carbonyl (C=O) groups excluding carboxylic acids is 1. The molecule has 0 fully saturated rings. The highest BCUT2D eigenvalue weighted by Gasteiger charge is 2.23. The number of nitrogens with zero attached hydrogens (tertiary/aromatic N) is 1. The van der Waals surface area contributed by atoms with E-state index in [4.69, 9.17) is 23.2 Å². The van der Waals surface area contributed by atoms with Crippen molar-refractivity contribution >= 4 is 40.7 Å². The second kappa shape index (κ2) is 8.92. The van der Waals surface area contributed by atoms with Gasteiger partial charge in [-0.25, -0.2) is 0 Å². The highest BCUT2D eigenvalue weighted by molar-refractivity contribution is 8.00. The zero-order valence-corrected chi connectivity index (χ0v) is 17.4. The van der Waals surface area contributed by atoms with Gasteiger partial charge >= 0.3 is 0 Å². The molecule has 0 saturated carbocycles. The monoisotopic (exact) mass is 415 g/mol. The minimum absolute atomic E-state index is 0.0929. The number of rotatable bonds is 6. The number of hydrogen-bond donors (Lipinski definition) is 0. The summed E-state index contributed by atoms with van der Waals surface area (Å²) >= 11 is 13.5. The van der Waals surface area contributed by atoms with Gasteiger partial charge in [-0.15, -0.1) is 11.8 Å². The van der Waals surface area contributed by atoms with E-state index < -0.39 is 0 Å². The van der Waals surface area contributed by atoms with Gasteiger partial charge in [0.05, 0.1) is 16.7 Å². The average molecular weight is 416 g/mol. The molecule has 27 heavy (non-hydrogen) atoms. The molecule has 0 aliphatic heterocycles. The maximum absolute atomic E-state index is 13.1. The Morgan fingerprint density at radius 3 is 2.30 bits per heavy atom. The summed E-state index contributed by atoms with van der Waals surface area (Å²) in [5.41, 5.74) is 4.09. The molecule has 1 atom stereocenters. The minimum atomic E-state index is -0.332. The summed E-state index contributed by atoms with van der Waals surface area (Å²) in [6, 6.07) is 17.3. The van der Waals surface area contributed by atoms with E-state index in [9.17, 15) is 4.79 Å². The number of hydrogen-bond acceptors (Lipinski definition) is 3. The van der Waals surface area contributed by atoms with Crippen LogP contribution in [0.1, 0.15) is 27.6 Å². The Balaban J connectivity index is 1.88. The Morgan fingerprint density at radius 2 is 1.67 bits per heavy atom. The highest BCUT2D eigenvalue weighted by Crippen LogP contribution is 2.37. The summed E-state index contributed by atoms with van der Waals surface area (Å²) in [5.74, 6) is 0.0929. The van der Waals surface area contributed by atoms with Crippen molar-refractivity contribution in [3.05, 3.63) is 93.2 Å². The van der Waals surface area contributed by atoms with Crippen LogP contribution in [0.4, 0.5) is 0 Å². The van der Waals surface area contributed by atoms with Gasteiger partial charge in [-0.1, -0.05) is 41.4 Å². The molecule has 3 rings (SSSR count). The lowest BCUT2D eigenvalue weighted by atomic mass is 10.0. The van der Waals surface area contributed by atoms with Crippen molar-refractivity contribution in [2.45, 2.75) is 30.4 Å². The molecule has 0 aliphatic rings. The molecule has 3 aromatic rings. The molecule has 0 radical (unpaired) electrons. The summed E-state index contributed by atoms with van der Waals surface area (Å²) in [5, 5.41) is 0.882. The lowest BCUT2D eigenvalue weighted by Gasteiger charge is -2.17. The molecule has 138 valence electrons. The van der Waals surface area contributed by atoms with Gasteiger partial charge in [0.25, 0.3) is 0 Å². The number of benzene rings is 2. The molecule has 5 heteroatoms. The van der Waals surface area contributed by atoms with Gasteiger partial charge in [0, 0.05) is 21.8 Å². The number of pyridine rings is 1. The molecule has 2 nitrogen and oxygen atoms in total. The minimum Gasteiger partial charge on any atom is -0.298 e. The lowest BCUT2D eigenvalue weighted by Crippen LogP contribution is -2.13. The number of aryl methyl sites for hydroxylation is 2. The summed E-state index contributed by atoms with van der Waals surface area (Å²) in [7, 11) is 0. The van der Waals surface area contributed by atoms with Gasteiger partial charge in [-0.3, -0.25) is 9.78 Å². The fourth-order valence-electron chi connectivity index (χ4n) is 2.66. The zero-order chi connectivity index (χ0) is 19.4. The van der Waals surface area contributed by atoms with Crippen LogP contribution in [0.3, 0.4) is 0 Å². The van der Waals surface area contributed by atoms with E-state index in [1.807, 2.05) is 24.3 Å². The third-order valence-electron chi connectivity index (χ3n) is 4.34. The van der Waals surface area contributed by atoms with Crippen LogP contribution >= 0.6 is 35.0 Å². The smallest absolute Gasteiger partial charge is 0.156 e. The van der Waals surface area contributed by atoms with Gasteiger partial charge in [0.1, 0.15) is 0 Å². The number of ketones is 1.